The van der Waals surface area contributed by atoms with Gasteiger partial charge in [-0.1, -0.05) is 26.8 Å². The molecule has 4 rings (SSSR count). The number of halogens is 3. The summed E-state index contributed by atoms with van der Waals surface area (Å²) in [6.07, 6.45) is -0.813. The Morgan fingerprint density at radius 3 is 2.44 bits per heavy atom. The number of fused-ring (bicyclic) bond motifs is 1. The Balaban J connectivity index is 1.57. The van der Waals surface area contributed by atoms with Crippen LogP contribution in [0.25, 0.3) is 10.9 Å². The van der Waals surface area contributed by atoms with Crippen LogP contribution in [0.4, 0.5) is 13.2 Å². The van der Waals surface area contributed by atoms with Crippen LogP contribution in [-0.4, -0.2) is 28.2 Å². The summed E-state index contributed by atoms with van der Waals surface area (Å²) in [5.74, 6) is -0.768. The highest BCUT2D eigenvalue weighted by Crippen LogP contribution is 2.47. The molecule has 8 heteroatoms. The molecule has 0 bridgehead atoms. The number of hydrogen-bond donors (Lipinski definition) is 2. The summed E-state index contributed by atoms with van der Waals surface area (Å²) in [5.41, 5.74) is -0.305. The second kappa shape index (κ2) is 9.02. The lowest BCUT2D eigenvalue weighted by Gasteiger charge is -2.51. The molecule has 2 N–H and O–H groups in total. The maximum atomic E-state index is 14.1. The summed E-state index contributed by atoms with van der Waals surface area (Å²) in [4.78, 5) is 15.9. The van der Waals surface area contributed by atoms with Gasteiger partial charge in [-0.2, -0.15) is 13.2 Å². The van der Waals surface area contributed by atoms with E-state index in [9.17, 15) is 23.1 Å². The standard InChI is InChI=1S/C26H33F3N2O3/c1-14-5-7-16(8-6-14)34-21-12-11-20-17(23(21)26(27,28)29)9-10-19(31-20)15(2)30-22-13-18(24(32)33)25(22,3)4/h9-12,14-16,18,22,30H,5-8,13H2,1-4H3,(H,32,33). The third-order valence-electron chi connectivity index (χ3n) is 7.86. The quantitative estimate of drug-likeness (QED) is 0.505. The molecule has 0 radical (unpaired) electrons. The van der Waals surface area contributed by atoms with Gasteiger partial charge in [0, 0.05) is 17.5 Å². The average Bonchev–Trinajstić information content (AvgIpc) is 2.76. The van der Waals surface area contributed by atoms with Crippen LogP contribution in [0, 0.1) is 17.3 Å². The monoisotopic (exact) mass is 478 g/mol. The molecular weight excluding hydrogens is 445 g/mol. The molecule has 2 fully saturated rings. The van der Waals surface area contributed by atoms with Crippen LogP contribution in [0.1, 0.15) is 77.1 Å². The highest BCUT2D eigenvalue weighted by atomic mass is 19.4. The lowest BCUT2D eigenvalue weighted by molar-refractivity contribution is -0.155. The molecule has 3 unspecified atom stereocenters. The van der Waals surface area contributed by atoms with Crippen LogP contribution in [0.2, 0.25) is 0 Å². The Hall–Kier alpha value is -2.35. The van der Waals surface area contributed by atoms with Crippen molar-refractivity contribution in [2.24, 2.45) is 17.3 Å². The minimum atomic E-state index is -4.56. The molecule has 0 spiro atoms. The van der Waals surface area contributed by atoms with Gasteiger partial charge < -0.3 is 15.2 Å². The van der Waals surface area contributed by atoms with E-state index in [0.29, 0.717) is 18.0 Å². The van der Waals surface area contributed by atoms with E-state index < -0.39 is 29.0 Å². The molecule has 2 aromatic rings. The van der Waals surface area contributed by atoms with Gasteiger partial charge in [0.1, 0.15) is 11.3 Å². The van der Waals surface area contributed by atoms with E-state index in [1.54, 1.807) is 12.1 Å². The molecular formula is C26H33F3N2O3. The molecule has 2 aliphatic carbocycles. The van der Waals surface area contributed by atoms with E-state index in [1.807, 2.05) is 20.8 Å². The second-order valence-electron chi connectivity index (χ2n) is 10.6. The summed E-state index contributed by atoms with van der Waals surface area (Å²) in [6.45, 7) is 7.88. The zero-order valence-electron chi connectivity index (χ0n) is 20.1. The van der Waals surface area contributed by atoms with E-state index in [2.05, 4.69) is 17.2 Å². The van der Waals surface area contributed by atoms with E-state index in [4.69, 9.17) is 4.74 Å². The topological polar surface area (TPSA) is 71.5 Å². The number of nitrogens with zero attached hydrogens (tertiary/aromatic N) is 1. The number of carbonyl (C=O) groups is 1. The van der Waals surface area contributed by atoms with Gasteiger partial charge >= 0.3 is 12.1 Å². The third-order valence-corrected chi connectivity index (χ3v) is 7.86. The Bertz CT molecular complexity index is 1060. The van der Waals surface area contributed by atoms with Gasteiger partial charge in [-0.15, -0.1) is 0 Å². The summed E-state index contributed by atoms with van der Waals surface area (Å²) >= 11 is 0. The van der Waals surface area contributed by atoms with E-state index >= 15 is 0 Å². The number of pyridine rings is 1. The van der Waals surface area contributed by atoms with Crippen LogP contribution in [0.15, 0.2) is 24.3 Å². The molecule has 186 valence electrons. The SMILES string of the molecule is CC1CCC(Oc2ccc3nc(C(C)NC4CC(C(=O)O)C4(C)C)ccc3c2C(F)(F)F)CC1. The number of benzene rings is 1. The van der Waals surface area contributed by atoms with Crippen LogP contribution in [0.5, 0.6) is 5.75 Å². The molecule has 5 nitrogen and oxygen atoms in total. The van der Waals surface area contributed by atoms with Crippen LogP contribution in [-0.2, 0) is 11.0 Å². The van der Waals surface area contributed by atoms with Crippen molar-refractivity contribution in [3.05, 3.63) is 35.5 Å². The third kappa shape index (κ3) is 4.74. The maximum absolute atomic E-state index is 14.1. The molecule has 1 heterocycles. The Kier molecular flexibility index (Phi) is 6.57. The first kappa shape index (κ1) is 24.8. The van der Waals surface area contributed by atoms with Gasteiger partial charge in [0.2, 0.25) is 0 Å². The smallest absolute Gasteiger partial charge is 0.420 e. The average molecular weight is 479 g/mol. The lowest BCUT2D eigenvalue weighted by atomic mass is 9.58. The molecule has 0 aliphatic heterocycles. The summed E-state index contributed by atoms with van der Waals surface area (Å²) in [5, 5.41) is 12.8. The first-order chi connectivity index (χ1) is 15.9. The number of ether oxygens (including phenoxy) is 1. The molecule has 3 atom stereocenters. The normalized spacial score (nSPS) is 27.7. The first-order valence-electron chi connectivity index (χ1n) is 12.0. The Morgan fingerprint density at radius 2 is 1.85 bits per heavy atom. The predicted octanol–water partition coefficient (Wildman–Crippen LogP) is 6.36. The van der Waals surface area contributed by atoms with Gasteiger partial charge in [-0.3, -0.25) is 9.78 Å². The number of alkyl halides is 3. The van der Waals surface area contributed by atoms with Gasteiger partial charge in [-0.05, 0) is 68.6 Å². The summed E-state index contributed by atoms with van der Waals surface area (Å²) < 4.78 is 48.2. The number of aliphatic carboxylic acids is 1. The zero-order chi connectivity index (χ0) is 24.8. The van der Waals surface area contributed by atoms with Crippen LogP contribution in [0.3, 0.4) is 0 Å². The van der Waals surface area contributed by atoms with Gasteiger partial charge in [0.25, 0.3) is 0 Å². The lowest BCUT2D eigenvalue weighted by Crippen LogP contribution is -2.59. The molecule has 2 saturated carbocycles. The van der Waals surface area contributed by atoms with Crippen LogP contribution >= 0.6 is 0 Å². The van der Waals surface area contributed by atoms with Crippen molar-refractivity contribution in [1.29, 1.82) is 0 Å². The van der Waals surface area contributed by atoms with Crippen molar-refractivity contribution in [2.45, 2.75) is 84.2 Å². The largest absolute Gasteiger partial charge is 0.490 e. The molecule has 34 heavy (non-hydrogen) atoms. The van der Waals surface area contributed by atoms with Gasteiger partial charge in [-0.25, -0.2) is 0 Å². The zero-order valence-corrected chi connectivity index (χ0v) is 20.1. The van der Waals surface area contributed by atoms with E-state index in [0.717, 1.165) is 25.7 Å². The van der Waals surface area contributed by atoms with Crippen molar-refractivity contribution in [3.63, 3.8) is 0 Å². The molecule has 1 aromatic heterocycles. The van der Waals surface area contributed by atoms with E-state index in [1.165, 1.54) is 12.1 Å². The first-order valence-corrected chi connectivity index (χ1v) is 12.0. The van der Waals surface area contributed by atoms with Crippen molar-refractivity contribution < 1.29 is 27.8 Å². The fourth-order valence-corrected chi connectivity index (χ4v) is 5.37. The maximum Gasteiger partial charge on any atom is 0.420 e. The molecule has 2 aliphatic rings. The highest BCUT2D eigenvalue weighted by Gasteiger charge is 2.52. The van der Waals surface area contributed by atoms with Crippen molar-refractivity contribution in [3.8, 4) is 5.75 Å². The van der Waals surface area contributed by atoms with Gasteiger partial charge in [0.15, 0.2) is 0 Å². The minimum Gasteiger partial charge on any atom is -0.490 e. The summed E-state index contributed by atoms with van der Waals surface area (Å²) in [7, 11) is 0. The number of nitrogens with one attached hydrogen (secondary N) is 1. The number of carboxylic acid groups (broad SMARTS) is 1. The number of hydrogen-bond acceptors (Lipinski definition) is 4. The van der Waals surface area contributed by atoms with Crippen LogP contribution < -0.4 is 10.1 Å². The summed E-state index contributed by atoms with van der Waals surface area (Å²) in [6, 6.07) is 5.82. The number of aromatic nitrogens is 1. The Morgan fingerprint density at radius 1 is 1.18 bits per heavy atom. The predicted molar refractivity (Wildman–Crippen MR) is 124 cm³/mol. The Labute approximate surface area is 198 Å². The fraction of sp³-hybridized carbons (Fsp3) is 0.615. The molecule has 0 saturated heterocycles. The number of rotatable bonds is 6. The van der Waals surface area contributed by atoms with E-state index in [-0.39, 0.29) is 34.8 Å². The second-order valence-corrected chi connectivity index (χ2v) is 10.6. The fourth-order valence-electron chi connectivity index (χ4n) is 5.37. The minimum absolute atomic E-state index is 0.0131. The number of carboxylic acids is 1. The molecule has 1 aromatic carbocycles. The van der Waals surface area contributed by atoms with Gasteiger partial charge in [0.05, 0.1) is 23.2 Å². The van der Waals surface area contributed by atoms with Crippen molar-refractivity contribution in [2.75, 3.05) is 0 Å². The highest BCUT2D eigenvalue weighted by molar-refractivity contribution is 5.85. The van der Waals surface area contributed by atoms with Crippen molar-refractivity contribution >= 4 is 16.9 Å². The molecule has 0 amide bonds. The van der Waals surface area contributed by atoms with Crippen molar-refractivity contribution in [1.82, 2.24) is 10.3 Å².